The molecule has 1 saturated heterocycles. The van der Waals surface area contributed by atoms with Crippen LogP contribution in [0.5, 0.6) is 0 Å². The van der Waals surface area contributed by atoms with Crippen molar-refractivity contribution in [2.24, 2.45) is 5.92 Å². The molecule has 0 N–H and O–H groups in total. The zero-order valence-corrected chi connectivity index (χ0v) is 15.6. The molecule has 2 nitrogen and oxygen atoms in total. The number of rotatable bonds is 1. The fourth-order valence-electron chi connectivity index (χ4n) is 3.37. The maximum Gasteiger partial charge on any atom is 0.673 e. The molecule has 0 atom stereocenters. The van der Waals surface area contributed by atoms with Gasteiger partial charge >= 0.3 is 7.25 Å². The highest BCUT2D eigenvalue weighted by Crippen LogP contribution is 2.22. The van der Waals surface area contributed by atoms with Gasteiger partial charge in [0.15, 0.2) is 0 Å². The van der Waals surface area contributed by atoms with Crippen LogP contribution in [0.1, 0.15) is 19.8 Å². The maximum atomic E-state index is 9.75. The van der Waals surface area contributed by atoms with Gasteiger partial charge in [-0.1, -0.05) is 49.4 Å². The molecule has 1 fully saturated rings. The summed E-state index contributed by atoms with van der Waals surface area (Å²) in [6.07, 6.45) is 2.53. The first-order valence-electron chi connectivity index (χ1n) is 9.35. The smallest absolute Gasteiger partial charge is 0.456 e. The van der Waals surface area contributed by atoms with Crippen molar-refractivity contribution in [1.29, 1.82) is 0 Å². The molecule has 0 aliphatic carbocycles. The van der Waals surface area contributed by atoms with E-state index in [1.54, 1.807) is 0 Å². The molecule has 0 amide bonds. The van der Waals surface area contributed by atoms with Crippen LogP contribution in [-0.4, -0.2) is 20.3 Å². The van der Waals surface area contributed by atoms with Gasteiger partial charge in [0.25, 0.3) is 0 Å². The van der Waals surface area contributed by atoms with Crippen molar-refractivity contribution in [1.82, 2.24) is 4.58 Å². The summed E-state index contributed by atoms with van der Waals surface area (Å²) in [4.78, 5) is 0. The average molecular weight is 391 g/mol. The minimum atomic E-state index is -6.00. The van der Waals surface area contributed by atoms with Crippen LogP contribution in [0.4, 0.5) is 17.3 Å². The summed E-state index contributed by atoms with van der Waals surface area (Å²) in [5, 5.41) is 2.51. The monoisotopic (exact) mass is 391 g/mol. The third-order valence-corrected chi connectivity index (χ3v) is 4.83. The van der Waals surface area contributed by atoms with E-state index in [9.17, 15) is 17.3 Å². The quantitative estimate of drug-likeness (QED) is 0.300. The predicted molar refractivity (Wildman–Crippen MR) is 105 cm³/mol. The average Bonchev–Trinajstić information content (AvgIpc) is 2.67. The highest BCUT2D eigenvalue weighted by atomic mass is 19.5. The van der Waals surface area contributed by atoms with Crippen LogP contribution in [-0.2, 0) is 0 Å². The van der Waals surface area contributed by atoms with Crippen LogP contribution < -0.4 is 9.93 Å². The van der Waals surface area contributed by atoms with Gasteiger partial charge in [0.2, 0.25) is 5.36 Å². The van der Waals surface area contributed by atoms with Crippen LogP contribution in [0.2, 0.25) is 0 Å². The van der Waals surface area contributed by atoms with Gasteiger partial charge in [-0.15, -0.1) is 0 Å². The largest absolute Gasteiger partial charge is 0.673 e. The number of hydrogen-bond acceptors (Lipinski definition) is 1. The molecule has 2 aromatic carbocycles. The second-order valence-electron chi connectivity index (χ2n) is 7.02. The topological polar surface area (TPSA) is 16.1 Å². The van der Waals surface area contributed by atoms with E-state index in [0.29, 0.717) is 0 Å². The molecule has 7 heteroatoms. The van der Waals surface area contributed by atoms with E-state index in [2.05, 4.69) is 60.0 Å². The first kappa shape index (κ1) is 20.2. The van der Waals surface area contributed by atoms with Crippen LogP contribution in [0.15, 0.2) is 65.1 Å². The van der Waals surface area contributed by atoms with Crippen molar-refractivity contribution in [3.8, 4) is 11.3 Å². The van der Waals surface area contributed by atoms with Gasteiger partial charge in [0.1, 0.15) is 24.4 Å². The number of fused-ring (bicyclic) bond motifs is 1. The number of nitrogens with zero attached hydrogens (tertiary/aromatic N) is 1. The molecule has 0 spiro atoms. The molecule has 1 aliphatic heterocycles. The van der Waals surface area contributed by atoms with Gasteiger partial charge in [0, 0.05) is 18.4 Å². The zero-order valence-electron chi connectivity index (χ0n) is 15.6. The van der Waals surface area contributed by atoms with E-state index in [0.717, 1.165) is 35.9 Å². The molecule has 1 aromatic heterocycles. The summed E-state index contributed by atoms with van der Waals surface area (Å²) in [5.74, 6) is 1.78. The molecule has 28 heavy (non-hydrogen) atoms. The van der Waals surface area contributed by atoms with Crippen molar-refractivity contribution >= 4 is 18.2 Å². The van der Waals surface area contributed by atoms with Crippen molar-refractivity contribution in [2.75, 3.05) is 13.1 Å². The Bertz CT molecular complexity index is 982. The molecular weight excluding hydrogens is 369 g/mol. The van der Waals surface area contributed by atoms with E-state index in [4.69, 9.17) is 4.42 Å². The lowest BCUT2D eigenvalue weighted by molar-refractivity contribution is 0.360. The molecule has 0 unspecified atom stereocenters. The Kier molecular flexibility index (Phi) is 6.22. The number of piperidine rings is 1. The van der Waals surface area contributed by atoms with E-state index in [-0.39, 0.29) is 0 Å². The third-order valence-electron chi connectivity index (χ3n) is 4.83. The summed E-state index contributed by atoms with van der Waals surface area (Å²) in [6.45, 7) is 4.61. The van der Waals surface area contributed by atoms with Gasteiger partial charge in [0.05, 0.1) is 11.5 Å². The molecule has 0 bridgehead atoms. The lowest BCUT2D eigenvalue weighted by Gasteiger charge is -2.16. The molecule has 0 saturated carbocycles. The van der Waals surface area contributed by atoms with Crippen molar-refractivity contribution in [3.05, 3.63) is 66.0 Å². The standard InChI is InChI=1S/C21H22NO.BF4/c1-16-11-13-22(14-12-16)19-15-21(17-7-3-2-4-8-17)23-20-10-6-5-9-18(19)20;2-1(3,4)5/h2-10,15-16H,11-14H2,1H3;/q+1;-1. The molecular formula is C21H22BF4NO. The van der Waals surface area contributed by atoms with E-state index in [1.807, 2.05) is 12.1 Å². The van der Waals surface area contributed by atoms with Crippen LogP contribution >= 0.6 is 0 Å². The van der Waals surface area contributed by atoms with E-state index in [1.165, 1.54) is 23.6 Å². The Labute approximate surface area is 161 Å². The molecule has 148 valence electrons. The second kappa shape index (κ2) is 8.63. The normalized spacial score (nSPS) is 17.2. The zero-order chi connectivity index (χ0) is 20.1. The van der Waals surface area contributed by atoms with Gasteiger partial charge in [-0.05, 0) is 18.1 Å². The lowest BCUT2D eigenvalue weighted by Crippen LogP contribution is -2.37. The summed E-state index contributed by atoms with van der Waals surface area (Å²) in [7, 11) is -6.00. The Morgan fingerprint density at radius 3 is 2.11 bits per heavy atom. The first-order chi connectivity index (χ1) is 13.3. The fourth-order valence-corrected chi connectivity index (χ4v) is 3.37. The minimum absolute atomic E-state index is 0.833. The van der Waals surface area contributed by atoms with Gasteiger partial charge < -0.3 is 21.7 Å². The van der Waals surface area contributed by atoms with Crippen LogP contribution in [0, 0.1) is 5.92 Å². The van der Waals surface area contributed by atoms with Crippen LogP contribution in [0.25, 0.3) is 22.3 Å². The molecule has 1 aliphatic rings. The van der Waals surface area contributed by atoms with Crippen molar-refractivity contribution in [2.45, 2.75) is 19.8 Å². The molecule has 0 radical (unpaired) electrons. The highest BCUT2D eigenvalue weighted by molar-refractivity contribution is 6.50. The van der Waals surface area contributed by atoms with E-state index < -0.39 is 7.25 Å². The third kappa shape index (κ3) is 5.47. The van der Waals surface area contributed by atoms with Gasteiger partial charge in [-0.3, -0.25) is 0 Å². The second-order valence-corrected chi connectivity index (χ2v) is 7.02. The van der Waals surface area contributed by atoms with Crippen LogP contribution in [0.3, 0.4) is 0 Å². The Morgan fingerprint density at radius 2 is 1.46 bits per heavy atom. The number of hydrogen-bond donors (Lipinski definition) is 0. The summed E-state index contributed by atoms with van der Waals surface area (Å²) < 4.78 is 47.7. The minimum Gasteiger partial charge on any atom is -0.456 e. The number of benzene rings is 2. The molecule has 3 aromatic rings. The lowest BCUT2D eigenvalue weighted by atomic mass is 10.00. The summed E-state index contributed by atoms with van der Waals surface area (Å²) in [6, 6.07) is 21.0. The van der Waals surface area contributed by atoms with Crippen molar-refractivity contribution < 1.29 is 21.7 Å². The molecule has 4 rings (SSSR count). The number of halogens is 4. The summed E-state index contributed by atoms with van der Waals surface area (Å²) in [5.41, 5.74) is 2.09. The van der Waals surface area contributed by atoms with E-state index >= 15 is 0 Å². The molecule has 2 heterocycles. The Morgan fingerprint density at radius 1 is 0.893 bits per heavy atom. The highest BCUT2D eigenvalue weighted by Gasteiger charge is 2.21. The SMILES string of the molecule is CC1CC[N+](=c2cc(-c3ccccc3)oc3ccccc23)CC1.F[B-](F)(F)F. The van der Waals surface area contributed by atoms with Crippen molar-refractivity contribution in [3.63, 3.8) is 0 Å². The summed E-state index contributed by atoms with van der Waals surface area (Å²) >= 11 is 0. The maximum absolute atomic E-state index is 9.75. The fraction of sp³-hybridized carbons (Fsp3) is 0.286. The predicted octanol–water partition coefficient (Wildman–Crippen LogP) is 5.60. The Balaban J connectivity index is 0.000000403. The van der Waals surface area contributed by atoms with Gasteiger partial charge in [-0.25, -0.2) is 4.58 Å². The number of para-hydroxylation sites is 1. The van der Waals surface area contributed by atoms with Gasteiger partial charge in [-0.2, -0.15) is 0 Å². The first-order valence-corrected chi connectivity index (χ1v) is 9.35. The Hall–Kier alpha value is -2.57.